The number of alkyl halides is 2. The molecule has 2 aromatic carbocycles. The van der Waals surface area contributed by atoms with Crippen molar-refractivity contribution in [3.63, 3.8) is 0 Å². The molecule has 0 spiro atoms. The van der Waals surface area contributed by atoms with Crippen molar-refractivity contribution < 1.29 is 35.1 Å². The third-order valence-corrected chi connectivity index (χ3v) is 15.7. The van der Waals surface area contributed by atoms with Gasteiger partial charge in [-0.05, 0) is 119 Å². The highest BCUT2D eigenvalue weighted by Gasteiger charge is 2.36. The van der Waals surface area contributed by atoms with Gasteiger partial charge in [-0.2, -0.15) is 17.4 Å². The number of ether oxygens (including phenoxy) is 2. The summed E-state index contributed by atoms with van der Waals surface area (Å²) in [6.07, 6.45) is 9.29. The maximum Gasteiger partial charge on any atom is 0.387 e. The average molecular weight is 832 g/mol. The lowest BCUT2D eigenvalue weighted by Crippen LogP contribution is -2.49. The van der Waals surface area contributed by atoms with E-state index in [1.807, 2.05) is 6.07 Å². The minimum Gasteiger partial charge on any atom is -0.492 e. The van der Waals surface area contributed by atoms with Crippen LogP contribution in [0.25, 0.3) is 0 Å². The van der Waals surface area contributed by atoms with Gasteiger partial charge >= 0.3 is 6.61 Å². The summed E-state index contributed by atoms with van der Waals surface area (Å²) in [7, 11) is -7.11. The summed E-state index contributed by atoms with van der Waals surface area (Å²) < 4.78 is 90.3. The second-order valence-corrected chi connectivity index (χ2v) is 19.8. The molecule has 4 fully saturated rings. The van der Waals surface area contributed by atoms with Gasteiger partial charge in [0.1, 0.15) is 16.4 Å². The van der Waals surface area contributed by atoms with Crippen molar-refractivity contribution in [1.82, 2.24) is 18.4 Å². The number of fused-ring (bicyclic) bond motifs is 1. The van der Waals surface area contributed by atoms with E-state index in [-0.39, 0.29) is 10.6 Å². The number of rotatable bonds is 8. The molecule has 0 saturated carbocycles. The summed E-state index contributed by atoms with van der Waals surface area (Å²) in [5.41, 5.74) is 0.982. The predicted octanol–water partition coefficient (Wildman–Crippen LogP) is 6.44. The Balaban J connectivity index is 0.000000179. The van der Waals surface area contributed by atoms with Gasteiger partial charge in [0, 0.05) is 61.3 Å². The van der Waals surface area contributed by atoms with Crippen LogP contribution in [0.2, 0.25) is 0 Å². The van der Waals surface area contributed by atoms with Gasteiger partial charge in [-0.25, -0.2) is 16.8 Å². The smallest absolute Gasteiger partial charge is 0.387 e. The normalized spacial score (nSPS) is 23.9. The van der Waals surface area contributed by atoms with Crippen molar-refractivity contribution in [2.75, 3.05) is 59.0 Å². The van der Waals surface area contributed by atoms with E-state index in [1.165, 1.54) is 54.3 Å². The number of hydrogen-bond acceptors (Lipinski definition) is 8. The molecule has 290 valence electrons. The molecule has 4 saturated heterocycles. The standard InChI is InChI=1S/C19H27BrN2O3S.C18H26F2N2O3S/c1-14-2-7-21(8-3-14)17-4-9-22(10-5-17)26(23,24)18-13-16(20)12-15-6-11-25-19(15)18;1-14-3-2-10-21(13-14)15-8-11-22(12-9-15)26(23,24)17-6-4-16(5-7-17)25-18(19)20/h12-14,17H,2-11H2,1H3;4-7,14-15,18H,2-3,8-13H2,1H3. The van der Waals surface area contributed by atoms with E-state index in [1.54, 1.807) is 10.4 Å². The number of sulfonamides is 2. The zero-order chi connectivity index (χ0) is 37.0. The third kappa shape index (κ3) is 9.49. The number of nitrogens with zero attached hydrogens (tertiary/aromatic N) is 4. The molecule has 0 amide bonds. The number of piperidine rings is 4. The predicted molar refractivity (Wildman–Crippen MR) is 200 cm³/mol. The lowest BCUT2D eigenvalue weighted by Gasteiger charge is -2.41. The van der Waals surface area contributed by atoms with E-state index in [4.69, 9.17) is 4.74 Å². The van der Waals surface area contributed by atoms with Gasteiger partial charge in [-0.1, -0.05) is 29.8 Å². The summed E-state index contributed by atoms with van der Waals surface area (Å²) in [6.45, 7) is 8.94. The lowest BCUT2D eigenvalue weighted by molar-refractivity contribution is -0.0498. The van der Waals surface area contributed by atoms with E-state index in [9.17, 15) is 25.6 Å². The molecular formula is C37H53BrF2N4O6S2. The van der Waals surface area contributed by atoms with E-state index in [0.717, 1.165) is 74.2 Å². The minimum absolute atomic E-state index is 0.0446. The summed E-state index contributed by atoms with van der Waals surface area (Å²) >= 11 is 3.45. The number of hydrogen-bond donors (Lipinski definition) is 0. The number of halogens is 3. The Hall–Kier alpha value is -1.88. The molecule has 0 bridgehead atoms. The maximum absolute atomic E-state index is 13.2. The van der Waals surface area contributed by atoms with Crippen LogP contribution in [-0.2, 0) is 26.5 Å². The Morgan fingerprint density at radius 3 is 1.94 bits per heavy atom. The van der Waals surface area contributed by atoms with E-state index >= 15 is 0 Å². The number of benzene rings is 2. The first-order valence-corrected chi connectivity index (χ1v) is 22.5. The molecule has 0 N–H and O–H groups in total. The zero-order valence-electron chi connectivity index (χ0n) is 30.3. The Morgan fingerprint density at radius 2 is 1.35 bits per heavy atom. The molecular weight excluding hydrogens is 778 g/mol. The van der Waals surface area contributed by atoms with Crippen molar-refractivity contribution in [2.45, 2.75) is 100 Å². The largest absolute Gasteiger partial charge is 0.492 e. The second kappa shape index (κ2) is 17.3. The Kier molecular flexibility index (Phi) is 13.2. The molecule has 7 rings (SSSR count). The topological polar surface area (TPSA) is 99.7 Å². The molecule has 5 aliphatic heterocycles. The van der Waals surface area contributed by atoms with E-state index < -0.39 is 26.7 Å². The van der Waals surface area contributed by atoms with Gasteiger partial charge in [0.25, 0.3) is 0 Å². The monoisotopic (exact) mass is 830 g/mol. The quantitative estimate of drug-likeness (QED) is 0.300. The van der Waals surface area contributed by atoms with Gasteiger partial charge in [0.15, 0.2) is 0 Å². The zero-order valence-corrected chi connectivity index (χ0v) is 33.5. The van der Waals surface area contributed by atoms with Gasteiger partial charge < -0.3 is 19.3 Å². The summed E-state index contributed by atoms with van der Waals surface area (Å²) in [5.74, 6) is 2.04. The summed E-state index contributed by atoms with van der Waals surface area (Å²) in [5, 5.41) is 0. The van der Waals surface area contributed by atoms with Crippen molar-refractivity contribution in [1.29, 1.82) is 0 Å². The Morgan fingerprint density at radius 1 is 0.750 bits per heavy atom. The average Bonchev–Trinajstić information content (AvgIpc) is 3.60. The second-order valence-electron chi connectivity index (χ2n) is 15.1. The third-order valence-electron chi connectivity index (χ3n) is 11.4. The fourth-order valence-corrected chi connectivity index (χ4v) is 12.2. The SMILES string of the molecule is CC1CCCN(C2CCN(S(=O)(=O)c3ccc(OC(F)F)cc3)CC2)C1.CC1CCN(C2CCN(S(=O)(=O)c3cc(Br)cc4c3OCC4)CC2)CC1. The van der Waals surface area contributed by atoms with Crippen LogP contribution in [-0.4, -0.2) is 113 Å². The minimum atomic E-state index is -3.60. The first-order chi connectivity index (χ1) is 24.8. The fourth-order valence-electron chi connectivity index (χ4n) is 8.35. The van der Waals surface area contributed by atoms with Crippen LogP contribution in [0, 0.1) is 11.8 Å². The molecule has 5 heterocycles. The molecule has 0 aromatic heterocycles. The molecule has 52 heavy (non-hydrogen) atoms. The molecule has 0 radical (unpaired) electrons. The van der Waals surface area contributed by atoms with Crippen molar-refractivity contribution in [3.05, 3.63) is 46.4 Å². The molecule has 1 unspecified atom stereocenters. The maximum atomic E-state index is 13.2. The molecule has 1 atom stereocenters. The van der Waals surface area contributed by atoms with E-state index in [0.29, 0.717) is 61.4 Å². The van der Waals surface area contributed by atoms with E-state index in [2.05, 4.69) is 44.3 Å². The molecule has 2 aromatic rings. The van der Waals surface area contributed by atoms with Gasteiger partial charge in [0.2, 0.25) is 20.0 Å². The van der Waals surface area contributed by atoms with Crippen molar-refractivity contribution in [3.8, 4) is 11.5 Å². The van der Waals surface area contributed by atoms with Crippen LogP contribution in [0.4, 0.5) is 8.78 Å². The first kappa shape index (κ1) is 39.8. The molecule has 10 nitrogen and oxygen atoms in total. The van der Waals surface area contributed by atoms with Crippen molar-refractivity contribution >= 4 is 36.0 Å². The van der Waals surface area contributed by atoms with Crippen LogP contribution < -0.4 is 9.47 Å². The molecule has 5 aliphatic rings. The molecule has 0 aliphatic carbocycles. The van der Waals surface area contributed by atoms with Gasteiger partial charge in [0.05, 0.1) is 11.5 Å². The van der Waals surface area contributed by atoms with Crippen LogP contribution in [0.5, 0.6) is 11.5 Å². The molecule has 15 heteroatoms. The van der Waals surface area contributed by atoms with Crippen LogP contribution >= 0.6 is 15.9 Å². The lowest BCUT2D eigenvalue weighted by atomic mass is 9.95. The first-order valence-electron chi connectivity index (χ1n) is 18.8. The Labute approximate surface area is 317 Å². The summed E-state index contributed by atoms with van der Waals surface area (Å²) in [6, 6.07) is 9.81. The van der Waals surface area contributed by atoms with Gasteiger partial charge in [-0.15, -0.1) is 0 Å². The highest BCUT2D eigenvalue weighted by atomic mass is 79.9. The Bertz CT molecular complexity index is 1710. The van der Waals surface area contributed by atoms with Crippen LogP contribution in [0.1, 0.15) is 70.8 Å². The summed E-state index contributed by atoms with van der Waals surface area (Å²) in [4.78, 5) is 5.52. The van der Waals surface area contributed by atoms with Gasteiger partial charge in [-0.3, -0.25) is 0 Å². The van der Waals surface area contributed by atoms with Crippen molar-refractivity contribution in [2.24, 2.45) is 11.8 Å². The number of likely N-dealkylation sites (tertiary alicyclic amines) is 2. The fraction of sp³-hybridized carbons (Fsp3) is 0.676. The highest BCUT2D eigenvalue weighted by Crippen LogP contribution is 2.38. The highest BCUT2D eigenvalue weighted by molar-refractivity contribution is 9.10. The van der Waals surface area contributed by atoms with Crippen LogP contribution in [0.15, 0.2) is 50.7 Å². The van der Waals surface area contributed by atoms with Crippen LogP contribution in [0.3, 0.4) is 0 Å².